The first-order valence-corrected chi connectivity index (χ1v) is 9.32. The van der Waals surface area contributed by atoms with E-state index in [1.54, 1.807) is 3.26 Å². The summed E-state index contributed by atoms with van der Waals surface area (Å²) in [5.41, 5.74) is 2.69. The molecule has 2 nitrogen and oxygen atoms in total. The molecule has 0 saturated carbocycles. The molecule has 0 unspecified atom stereocenters. The maximum absolute atomic E-state index is 9.33. The molecule has 0 amide bonds. The average molecular weight is 493 g/mol. The monoisotopic (exact) mass is 494 g/mol. The molecule has 0 spiro atoms. The van der Waals surface area contributed by atoms with E-state index >= 15 is 0 Å². The van der Waals surface area contributed by atoms with Crippen LogP contribution < -0.4 is 10.2 Å². The average Bonchev–Trinajstić information content (AvgIpc) is 3.01. The Hall–Kier alpha value is -1.48. The number of aryl methyl sites for hydroxylation is 2. The van der Waals surface area contributed by atoms with Crippen LogP contribution >= 0.6 is 0 Å². The molecule has 24 heavy (non-hydrogen) atoms. The Morgan fingerprint density at radius 2 is 1.04 bits per heavy atom. The van der Waals surface area contributed by atoms with Crippen molar-refractivity contribution in [1.82, 2.24) is 0 Å². The first kappa shape index (κ1) is 27.4. The van der Waals surface area contributed by atoms with Crippen LogP contribution in [0.5, 0.6) is 0 Å². The fourth-order valence-electron chi connectivity index (χ4n) is 0.940. The zero-order valence-electron chi connectivity index (χ0n) is 15.8. The summed E-state index contributed by atoms with van der Waals surface area (Å²) in [6.45, 7) is 17.3. The molecule has 0 radical (unpaired) electrons. The van der Waals surface area contributed by atoms with E-state index in [0.29, 0.717) is 0 Å². The van der Waals surface area contributed by atoms with Gasteiger partial charge in [-0.2, -0.15) is 36.4 Å². The number of allylic oxidation sites excluding steroid dienone is 2. The summed E-state index contributed by atoms with van der Waals surface area (Å²) in [4.78, 5) is 0. The van der Waals surface area contributed by atoms with E-state index in [1.807, 2.05) is 24.3 Å². The molecule has 0 atom stereocenters. The van der Waals surface area contributed by atoms with Crippen LogP contribution in [0.3, 0.4) is 0 Å². The van der Waals surface area contributed by atoms with E-state index < -0.39 is 0 Å². The summed E-state index contributed by atoms with van der Waals surface area (Å²) in [5, 5.41) is 18.7. The quantitative estimate of drug-likeness (QED) is 0.318. The molecule has 0 saturated heterocycles. The number of hydrogen-bond acceptors (Lipinski definition) is 2. The molecular formula is C21H30HfO2-2. The summed E-state index contributed by atoms with van der Waals surface area (Å²) in [6.07, 6.45) is 0. The second kappa shape index (κ2) is 19.6. The van der Waals surface area contributed by atoms with Gasteiger partial charge in [-0.05, 0) is 0 Å². The minimum atomic E-state index is -0.0833. The molecule has 132 valence electrons. The Morgan fingerprint density at radius 3 is 1.08 bits per heavy atom. The van der Waals surface area contributed by atoms with Crippen molar-refractivity contribution in [2.24, 2.45) is 0 Å². The Morgan fingerprint density at radius 1 is 0.833 bits per heavy atom. The standard InChI is InChI=1S/2C6H7.2C3H6O.C3H6.Hf/c2*1-6-4-2-3-5-6;2*1-3(2)4;1-3-2;/h2*2-5H,1H3;2*4H,1H2,2H3;1-2H3;/q2*-1;;;;+2/p-2. The summed E-state index contributed by atoms with van der Waals surface area (Å²) >= 11 is 1.27. The maximum atomic E-state index is 9.33. The van der Waals surface area contributed by atoms with Crippen LogP contribution in [-0.2, 0) is 23.9 Å². The van der Waals surface area contributed by atoms with E-state index in [2.05, 4.69) is 65.1 Å². The predicted molar refractivity (Wildman–Crippen MR) is 99.5 cm³/mol. The van der Waals surface area contributed by atoms with Crippen LogP contribution in [0.15, 0.2) is 73.2 Å². The third-order valence-electron chi connectivity index (χ3n) is 1.66. The van der Waals surface area contributed by atoms with Crippen molar-refractivity contribution in [3.8, 4) is 0 Å². The third kappa shape index (κ3) is 49.9. The van der Waals surface area contributed by atoms with E-state index in [1.165, 1.54) is 48.9 Å². The summed E-state index contributed by atoms with van der Waals surface area (Å²) < 4.78 is 1.56. The first-order chi connectivity index (χ1) is 11.0. The van der Waals surface area contributed by atoms with Gasteiger partial charge in [0.1, 0.15) is 0 Å². The molecule has 0 aromatic heterocycles. The van der Waals surface area contributed by atoms with E-state index in [-0.39, 0.29) is 11.5 Å². The topological polar surface area (TPSA) is 46.1 Å². The summed E-state index contributed by atoms with van der Waals surface area (Å²) in [7, 11) is 0. The van der Waals surface area contributed by atoms with Gasteiger partial charge in [0.2, 0.25) is 0 Å². The van der Waals surface area contributed by atoms with Crippen LogP contribution in [0.25, 0.3) is 0 Å². The van der Waals surface area contributed by atoms with Crippen molar-refractivity contribution in [2.45, 2.75) is 41.5 Å². The molecule has 0 bridgehead atoms. The van der Waals surface area contributed by atoms with Crippen LogP contribution in [0.1, 0.15) is 38.8 Å². The van der Waals surface area contributed by atoms with Crippen molar-refractivity contribution in [3.05, 3.63) is 84.3 Å². The first-order valence-electron chi connectivity index (χ1n) is 7.52. The van der Waals surface area contributed by atoms with Crippen molar-refractivity contribution >= 4 is 3.26 Å². The van der Waals surface area contributed by atoms with Crippen LogP contribution in [-0.4, -0.2) is 3.26 Å². The molecular weight excluding hydrogens is 463 g/mol. The molecule has 0 aliphatic rings. The SMILES string of the molecule is C=C(C)[O-].C=C(C)[O-].C[C](C)=[Hf+2].Cc1cc[cH-]c1.Cc1cc[cH-]c1. The van der Waals surface area contributed by atoms with E-state index in [0.717, 1.165) is 0 Å². The van der Waals surface area contributed by atoms with Gasteiger partial charge in [0.25, 0.3) is 0 Å². The van der Waals surface area contributed by atoms with Crippen LogP contribution in [0, 0.1) is 13.8 Å². The largest absolute Gasteiger partial charge is 0.211 e. The van der Waals surface area contributed by atoms with Crippen molar-refractivity contribution in [2.75, 3.05) is 0 Å². The maximum Gasteiger partial charge on any atom is -0.0961 e. The van der Waals surface area contributed by atoms with Gasteiger partial charge in [-0.3, -0.25) is 0 Å². The van der Waals surface area contributed by atoms with Gasteiger partial charge >= 0.3 is 41.0 Å². The van der Waals surface area contributed by atoms with Gasteiger partial charge in [-0.25, -0.2) is 23.3 Å². The van der Waals surface area contributed by atoms with Crippen molar-refractivity contribution in [1.29, 1.82) is 0 Å². The predicted octanol–water partition coefficient (Wildman–Crippen LogP) is 3.93. The van der Waals surface area contributed by atoms with Gasteiger partial charge in [0, 0.05) is 0 Å². The van der Waals surface area contributed by atoms with Crippen LogP contribution in [0.4, 0.5) is 0 Å². The molecule has 2 aromatic rings. The van der Waals surface area contributed by atoms with E-state index in [4.69, 9.17) is 0 Å². The zero-order chi connectivity index (χ0) is 19.5. The Bertz CT molecular complexity index is 447. The third-order valence-corrected chi connectivity index (χ3v) is 1.66. The molecule has 3 heteroatoms. The number of hydrogen-bond donors (Lipinski definition) is 0. The fourth-order valence-corrected chi connectivity index (χ4v) is 0.940. The number of rotatable bonds is 0. The Balaban J connectivity index is -0.000000234. The Labute approximate surface area is 163 Å². The summed E-state index contributed by atoms with van der Waals surface area (Å²) in [6, 6.07) is 16.5. The van der Waals surface area contributed by atoms with Crippen molar-refractivity contribution < 1.29 is 34.1 Å². The smallest absolute Gasteiger partial charge is 0.0961 e. The molecule has 0 N–H and O–H groups in total. The van der Waals surface area contributed by atoms with Gasteiger partial charge in [-0.15, -0.1) is 24.7 Å². The zero-order valence-corrected chi connectivity index (χ0v) is 19.4. The minimum absolute atomic E-state index is 0.0833. The molecule has 0 aliphatic carbocycles. The summed E-state index contributed by atoms with van der Waals surface area (Å²) in [5.74, 6) is -0.167. The van der Waals surface area contributed by atoms with Gasteiger partial charge in [0.15, 0.2) is 0 Å². The fraction of sp³-hybridized carbons (Fsp3) is 0.286. The normalized spacial score (nSPS) is 7.67. The van der Waals surface area contributed by atoms with Gasteiger partial charge < -0.3 is 10.2 Å². The molecule has 0 aliphatic heterocycles. The second-order valence-electron chi connectivity index (χ2n) is 5.33. The molecule has 0 heterocycles. The molecule has 0 fully saturated rings. The van der Waals surface area contributed by atoms with E-state index in [9.17, 15) is 10.2 Å². The van der Waals surface area contributed by atoms with Gasteiger partial charge in [0.05, 0.1) is 0 Å². The second-order valence-corrected chi connectivity index (χ2v) is 8.92. The van der Waals surface area contributed by atoms with Crippen molar-refractivity contribution in [3.63, 3.8) is 0 Å². The molecule has 2 rings (SSSR count). The molecule has 2 aromatic carbocycles. The minimum Gasteiger partial charge on any atom is -0.211 e. The Kier molecular flexibility index (Phi) is 22.3. The van der Waals surface area contributed by atoms with Crippen LogP contribution in [0.2, 0.25) is 0 Å². The van der Waals surface area contributed by atoms with Gasteiger partial charge in [-0.1, -0.05) is 27.7 Å².